The highest BCUT2D eigenvalue weighted by atomic mass is 19.2. The molecule has 1 aromatic rings. The fraction of sp³-hybridized carbons (Fsp3) is 0.500. The monoisotopic (exact) mass is 270 g/mol. The standard InChI is InChI=1S/C14H20F2N2O/c1-9(13(19)18-14(2,3)4)17-8-10-5-6-11(15)12(16)7-10/h5-7,9,17H,8H2,1-4H3,(H,18,19). The first-order valence-corrected chi connectivity index (χ1v) is 6.18. The first-order chi connectivity index (χ1) is 8.69. The second kappa shape index (κ2) is 6.10. The molecule has 106 valence electrons. The number of amides is 1. The third-order valence-electron chi connectivity index (χ3n) is 2.49. The first kappa shape index (κ1) is 15.6. The van der Waals surface area contributed by atoms with E-state index in [9.17, 15) is 13.6 Å². The first-order valence-electron chi connectivity index (χ1n) is 6.18. The lowest BCUT2D eigenvalue weighted by atomic mass is 10.1. The number of halogens is 2. The Morgan fingerprint density at radius 1 is 1.26 bits per heavy atom. The maximum Gasteiger partial charge on any atom is 0.237 e. The van der Waals surface area contributed by atoms with E-state index in [4.69, 9.17) is 0 Å². The van der Waals surface area contributed by atoms with E-state index in [1.54, 1.807) is 6.92 Å². The molecule has 5 heteroatoms. The van der Waals surface area contributed by atoms with Crippen LogP contribution in [0, 0.1) is 11.6 Å². The summed E-state index contributed by atoms with van der Waals surface area (Å²) in [5, 5.41) is 5.81. The van der Waals surface area contributed by atoms with Gasteiger partial charge in [-0.3, -0.25) is 4.79 Å². The highest BCUT2D eigenvalue weighted by Crippen LogP contribution is 2.08. The van der Waals surface area contributed by atoms with E-state index in [1.165, 1.54) is 6.07 Å². The van der Waals surface area contributed by atoms with Gasteiger partial charge in [-0.15, -0.1) is 0 Å². The molecule has 0 bridgehead atoms. The molecule has 1 amide bonds. The molecule has 3 nitrogen and oxygen atoms in total. The zero-order valence-corrected chi connectivity index (χ0v) is 11.7. The summed E-state index contributed by atoms with van der Waals surface area (Å²) in [5.41, 5.74) is 0.295. The minimum atomic E-state index is -0.883. The number of benzene rings is 1. The fourth-order valence-corrected chi connectivity index (χ4v) is 1.49. The summed E-state index contributed by atoms with van der Waals surface area (Å²) in [5.74, 6) is -1.89. The molecular weight excluding hydrogens is 250 g/mol. The Kier molecular flexibility index (Phi) is 5.00. The summed E-state index contributed by atoms with van der Waals surface area (Å²) >= 11 is 0. The molecule has 0 aromatic heterocycles. The number of rotatable bonds is 4. The largest absolute Gasteiger partial charge is 0.350 e. The zero-order valence-electron chi connectivity index (χ0n) is 11.7. The Hall–Kier alpha value is -1.49. The van der Waals surface area contributed by atoms with E-state index in [1.807, 2.05) is 20.8 Å². The summed E-state index contributed by atoms with van der Waals surface area (Å²) in [6.07, 6.45) is 0. The van der Waals surface area contributed by atoms with Crippen LogP contribution in [0.2, 0.25) is 0 Å². The van der Waals surface area contributed by atoms with Crippen molar-refractivity contribution < 1.29 is 13.6 Å². The summed E-state index contributed by atoms with van der Waals surface area (Å²) in [6.45, 7) is 7.71. The van der Waals surface area contributed by atoms with Crippen molar-refractivity contribution in [2.45, 2.75) is 45.8 Å². The van der Waals surface area contributed by atoms with Crippen molar-refractivity contribution in [2.75, 3.05) is 0 Å². The third-order valence-corrected chi connectivity index (χ3v) is 2.49. The van der Waals surface area contributed by atoms with Crippen LogP contribution in [0.4, 0.5) is 8.78 Å². The molecule has 0 heterocycles. The summed E-state index contributed by atoms with van der Waals surface area (Å²) in [6, 6.07) is 3.27. The van der Waals surface area contributed by atoms with Crippen molar-refractivity contribution in [3.63, 3.8) is 0 Å². The molecule has 1 atom stereocenters. The van der Waals surface area contributed by atoms with Gasteiger partial charge in [0, 0.05) is 12.1 Å². The van der Waals surface area contributed by atoms with Gasteiger partial charge in [-0.25, -0.2) is 8.78 Å². The molecule has 1 aromatic carbocycles. The second-order valence-electron chi connectivity index (χ2n) is 5.59. The topological polar surface area (TPSA) is 41.1 Å². The van der Waals surface area contributed by atoms with Gasteiger partial charge in [0.2, 0.25) is 5.91 Å². The van der Waals surface area contributed by atoms with Crippen LogP contribution in [0.3, 0.4) is 0 Å². The lowest BCUT2D eigenvalue weighted by Crippen LogP contribution is -2.49. The predicted octanol–water partition coefficient (Wildman–Crippen LogP) is 2.36. The molecule has 0 fully saturated rings. The van der Waals surface area contributed by atoms with Gasteiger partial charge in [0.15, 0.2) is 11.6 Å². The number of nitrogens with one attached hydrogen (secondary N) is 2. The lowest BCUT2D eigenvalue weighted by Gasteiger charge is -2.23. The van der Waals surface area contributed by atoms with Crippen molar-refractivity contribution in [3.8, 4) is 0 Å². The molecule has 1 rings (SSSR count). The highest BCUT2D eigenvalue weighted by Gasteiger charge is 2.18. The van der Waals surface area contributed by atoms with Gasteiger partial charge in [0.05, 0.1) is 6.04 Å². The Bertz CT molecular complexity index is 455. The number of carbonyl (C=O) groups is 1. The van der Waals surface area contributed by atoms with E-state index >= 15 is 0 Å². The van der Waals surface area contributed by atoms with E-state index < -0.39 is 17.7 Å². The maximum absolute atomic E-state index is 13.0. The van der Waals surface area contributed by atoms with Gasteiger partial charge >= 0.3 is 0 Å². The van der Waals surface area contributed by atoms with E-state index in [0.717, 1.165) is 12.1 Å². The molecule has 0 aliphatic heterocycles. The SMILES string of the molecule is CC(NCc1ccc(F)c(F)c1)C(=O)NC(C)(C)C. The average molecular weight is 270 g/mol. The Morgan fingerprint density at radius 3 is 2.42 bits per heavy atom. The van der Waals surface area contributed by atoms with Gasteiger partial charge in [0.25, 0.3) is 0 Å². The van der Waals surface area contributed by atoms with Gasteiger partial charge in [-0.05, 0) is 45.4 Å². The molecule has 0 aliphatic carbocycles. The van der Waals surface area contributed by atoms with Crippen molar-refractivity contribution in [3.05, 3.63) is 35.4 Å². The number of hydrogen-bond acceptors (Lipinski definition) is 2. The van der Waals surface area contributed by atoms with Crippen LogP contribution in [0.25, 0.3) is 0 Å². The normalized spacial score (nSPS) is 13.2. The molecule has 0 spiro atoms. The number of hydrogen-bond donors (Lipinski definition) is 2. The van der Waals surface area contributed by atoms with Crippen molar-refractivity contribution in [1.29, 1.82) is 0 Å². The van der Waals surface area contributed by atoms with Crippen LogP contribution >= 0.6 is 0 Å². The molecule has 2 N–H and O–H groups in total. The predicted molar refractivity (Wildman–Crippen MR) is 70.6 cm³/mol. The Labute approximate surface area is 112 Å². The Balaban J connectivity index is 2.52. The molecular formula is C14H20F2N2O. The molecule has 1 unspecified atom stereocenters. The smallest absolute Gasteiger partial charge is 0.237 e. The highest BCUT2D eigenvalue weighted by molar-refractivity contribution is 5.81. The van der Waals surface area contributed by atoms with Gasteiger partial charge in [-0.1, -0.05) is 6.07 Å². The molecule has 0 saturated heterocycles. The summed E-state index contributed by atoms with van der Waals surface area (Å²) < 4.78 is 25.8. The second-order valence-corrected chi connectivity index (χ2v) is 5.59. The number of carbonyl (C=O) groups excluding carboxylic acids is 1. The quantitative estimate of drug-likeness (QED) is 0.882. The Morgan fingerprint density at radius 2 is 1.89 bits per heavy atom. The van der Waals surface area contributed by atoms with Crippen LogP contribution in [-0.4, -0.2) is 17.5 Å². The van der Waals surface area contributed by atoms with Crippen molar-refractivity contribution >= 4 is 5.91 Å². The van der Waals surface area contributed by atoms with Gasteiger partial charge < -0.3 is 10.6 Å². The fourth-order valence-electron chi connectivity index (χ4n) is 1.49. The minimum absolute atomic E-state index is 0.130. The van der Waals surface area contributed by atoms with Crippen molar-refractivity contribution in [2.24, 2.45) is 0 Å². The molecule has 0 aliphatic rings. The van der Waals surface area contributed by atoms with Crippen LogP contribution in [0.1, 0.15) is 33.3 Å². The zero-order chi connectivity index (χ0) is 14.6. The van der Waals surface area contributed by atoms with E-state index in [0.29, 0.717) is 12.1 Å². The van der Waals surface area contributed by atoms with Crippen LogP contribution < -0.4 is 10.6 Å². The molecule has 19 heavy (non-hydrogen) atoms. The summed E-state index contributed by atoms with van der Waals surface area (Å²) in [7, 11) is 0. The van der Waals surface area contributed by atoms with Gasteiger partial charge in [0.1, 0.15) is 0 Å². The summed E-state index contributed by atoms with van der Waals surface area (Å²) in [4.78, 5) is 11.8. The maximum atomic E-state index is 13.0. The average Bonchev–Trinajstić information content (AvgIpc) is 2.28. The van der Waals surface area contributed by atoms with Gasteiger partial charge in [-0.2, -0.15) is 0 Å². The third kappa shape index (κ3) is 5.34. The van der Waals surface area contributed by atoms with Crippen LogP contribution in [-0.2, 0) is 11.3 Å². The van der Waals surface area contributed by atoms with Crippen LogP contribution in [0.5, 0.6) is 0 Å². The molecule has 0 saturated carbocycles. The molecule has 0 radical (unpaired) electrons. The lowest BCUT2D eigenvalue weighted by molar-refractivity contribution is -0.124. The van der Waals surface area contributed by atoms with Crippen molar-refractivity contribution in [1.82, 2.24) is 10.6 Å². The van der Waals surface area contributed by atoms with Crippen LogP contribution in [0.15, 0.2) is 18.2 Å². The minimum Gasteiger partial charge on any atom is -0.350 e. The van der Waals surface area contributed by atoms with E-state index in [2.05, 4.69) is 10.6 Å². The van der Waals surface area contributed by atoms with E-state index in [-0.39, 0.29) is 11.4 Å².